The normalized spacial score (nSPS) is 8.27. The minimum atomic E-state index is -0.179. The van der Waals surface area contributed by atoms with Crippen molar-refractivity contribution >= 4 is 11.6 Å². The van der Waals surface area contributed by atoms with Gasteiger partial charge in [-0.1, -0.05) is 32.0 Å². The maximum absolute atomic E-state index is 11.3. The van der Waals surface area contributed by atoms with Crippen LogP contribution in [0.25, 0.3) is 0 Å². The van der Waals surface area contributed by atoms with E-state index < -0.39 is 0 Å². The van der Waals surface area contributed by atoms with E-state index in [0.29, 0.717) is 5.56 Å². The van der Waals surface area contributed by atoms with Crippen LogP contribution in [0.15, 0.2) is 35.4 Å². The molecule has 0 aliphatic heterocycles. The van der Waals surface area contributed by atoms with E-state index in [1.54, 1.807) is 12.1 Å². The Morgan fingerprint density at radius 1 is 1.13 bits per heavy atom. The van der Waals surface area contributed by atoms with Crippen LogP contribution in [0.1, 0.15) is 38.1 Å². The zero-order valence-corrected chi connectivity index (χ0v) is 9.74. The van der Waals surface area contributed by atoms with Crippen LogP contribution in [0, 0.1) is 0 Å². The van der Waals surface area contributed by atoms with Crippen LogP contribution < -0.4 is 5.43 Å². The molecule has 3 heteroatoms. The molecular weight excluding hydrogens is 188 g/mol. The first-order valence-corrected chi connectivity index (χ1v) is 5.06. The number of nitrogens with zero attached hydrogens (tertiary/aromatic N) is 1. The minimum Gasteiger partial charge on any atom is -0.267 e. The van der Waals surface area contributed by atoms with E-state index in [4.69, 9.17) is 0 Å². The van der Waals surface area contributed by atoms with Crippen molar-refractivity contribution < 1.29 is 4.79 Å². The highest BCUT2D eigenvalue weighted by Gasteiger charge is 2.01. The molecule has 1 N–H and O–H groups in total. The average Bonchev–Trinajstić information content (AvgIpc) is 2.30. The van der Waals surface area contributed by atoms with E-state index in [1.165, 1.54) is 0 Å². The molecule has 3 nitrogen and oxygen atoms in total. The number of benzene rings is 1. The van der Waals surface area contributed by atoms with Crippen LogP contribution in [0.4, 0.5) is 0 Å². The van der Waals surface area contributed by atoms with E-state index in [2.05, 4.69) is 10.5 Å². The number of rotatable bonds is 2. The van der Waals surface area contributed by atoms with E-state index in [-0.39, 0.29) is 5.91 Å². The highest BCUT2D eigenvalue weighted by Crippen LogP contribution is 1.97. The summed E-state index contributed by atoms with van der Waals surface area (Å²) < 4.78 is 0. The molecule has 0 atom stereocenters. The van der Waals surface area contributed by atoms with Gasteiger partial charge in [0.05, 0.1) is 0 Å². The summed E-state index contributed by atoms with van der Waals surface area (Å²) in [7, 11) is 0. The van der Waals surface area contributed by atoms with Crippen molar-refractivity contribution in [2.24, 2.45) is 5.10 Å². The molecule has 0 saturated carbocycles. The minimum absolute atomic E-state index is 0.179. The maximum atomic E-state index is 11.3. The zero-order chi connectivity index (χ0) is 11.7. The molecule has 15 heavy (non-hydrogen) atoms. The highest BCUT2D eigenvalue weighted by atomic mass is 16.2. The predicted octanol–water partition coefficient (Wildman–Crippen LogP) is 2.84. The molecule has 1 rings (SSSR count). The van der Waals surface area contributed by atoms with E-state index in [1.807, 2.05) is 45.9 Å². The Hall–Kier alpha value is -1.64. The highest BCUT2D eigenvalue weighted by molar-refractivity contribution is 5.94. The lowest BCUT2D eigenvalue weighted by atomic mass is 10.2. The molecule has 0 spiro atoms. The second-order valence-electron chi connectivity index (χ2n) is 2.87. The molecule has 0 radical (unpaired) electrons. The van der Waals surface area contributed by atoms with Gasteiger partial charge in [0.25, 0.3) is 5.91 Å². The van der Waals surface area contributed by atoms with Gasteiger partial charge in [0.15, 0.2) is 0 Å². The molecule has 0 aliphatic carbocycles. The number of carbonyl (C=O) groups excluding carboxylic acids is 1. The largest absolute Gasteiger partial charge is 0.271 e. The topological polar surface area (TPSA) is 41.5 Å². The summed E-state index contributed by atoms with van der Waals surface area (Å²) in [6.07, 6.45) is 0. The summed E-state index contributed by atoms with van der Waals surface area (Å²) in [4.78, 5) is 11.3. The fourth-order valence-electron chi connectivity index (χ4n) is 0.817. The van der Waals surface area contributed by atoms with Crippen LogP contribution in [0.2, 0.25) is 0 Å². The van der Waals surface area contributed by atoms with Crippen LogP contribution in [-0.2, 0) is 0 Å². The lowest BCUT2D eigenvalue weighted by molar-refractivity contribution is 0.0955. The van der Waals surface area contributed by atoms with Crippen LogP contribution in [0.3, 0.4) is 0 Å². The molecule has 0 aromatic heterocycles. The number of hydrazone groups is 1. The zero-order valence-electron chi connectivity index (χ0n) is 9.74. The van der Waals surface area contributed by atoms with E-state index >= 15 is 0 Å². The molecule has 0 unspecified atom stereocenters. The van der Waals surface area contributed by atoms with E-state index in [0.717, 1.165) is 5.71 Å². The third-order valence-corrected chi connectivity index (χ3v) is 1.42. The fourth-order valence-corrected chi connectivity index (χ4v) is 0.817. The molecule has 1 aromatic rings. The Morgan fingerprint density at radius 3 is 2.13 bits per heavy atom. The lowest BCUT2D eigenvalue weighted by Crippen LogP contribution is -2.18. The van der Waals surface area contributed by atoms with Crippen molar-refractivity contribution in [3.05, 3.63) is 35.9 Å². The second kappa shape index (κ2) is 7.74. The summed E-state index contributed by atoms with van der Waals surface area (Å²) >= 11 is 0. The second-order valence-corrected chi connectivity index (χ2v) is 2.87. The molecule has 0 aliphatic rings. The van der Waals surface area contributed by atoms with E-state index in [9.17, 15) is 4.79 Å². The first kappa shape index (κ1) is 13.4. The third kappa shape index (κ3) is 5.62. The number of nitrogens with one attached hydrogen (secondary N) is 1. The number of hydrogen-bond acceptors (Lipinski definition) is 2. The van der Waals surface area contributed by atoms with Gasteiger partial charge in [-0.05, 0) is 26.0 Å². The Morgan fingerprint density at radius 2 is 1.67 bits per heavy atom. The Bertz CT molecular complexity index is 314. The monoisotopic (exact) mass is 206 g/mol. The van der Waals surface area contributed by atoms with Crippen molar-refractivity contribution in [1.82, 2.24) is 5.43 Å². The molecule has 0 saturated heterocycles. The maximum Gasteiger partial charge on any atom is 0.271 e. The third-order valence-electron chi connectivity index (χ3n) is 1.42. The van der Waals surface area contributed by atoms with Crippen molar-refractivity contribution in [1.29, 1.82) is 0 Å². The number of hydrogen-bond donors (Lipinski definition) is 1. The average molecular weight is 206 g/mol. The molecular formula is C12H18N2O. The van der Waals surface area contributed by atoms with Crippen LogP contribution >= 0.6 is 0 Å². The Kier molecular flexibility index (Phi) is 6.89. The molecule has 0 bridgehead atoms. The first-order chi connectivity index (χ1) is 7.20. The summed E-state index contributed by atoms with van der Waals surface area (Å²) in [5.74, 6) is -0.179. The fraction of sp³-hybridized carbons (Fsp3) is 0.333. The van der Waals surface area contributed by atoms with Gasteiger partial charge in [-0.2, -0.15) is 5.10 Å². The first-order valence-electron chi connectivity index (χ1n) is 5.06. The molecule has 82 valence electrons. The summed E-state index contributed by atoms with van der Waals surface area (Å²) in [5, 5.41) is 3.82. The Labute approximate surface area is 91.2 Å². The van der Waals surface area contributed by atoms with Gasteiger partial charge in [0.2, 0.25) is 0 Å². The van der Waals surface area contributed by atoms with Gasteiger partial charge in [0.1, 0.15) is 0 Å². The van der Waals surface area contributed by atoms with Gasteiger partial charge >= 0.3 is 0 Å². The number of carbonyl (C=O) groups is 1. The lowest BCUT2D eigenvalue weighted by Gasteiger charge is -1.98. The van der Waals surface area contributed by atoms with Crippen molar-refractivity contribution in [3.63, 3.8) is 0 Å². The molecule has 0 heterocycles. The molecule has 0 fully saturated rings. The van der Waals surface area contributed by atoms with Gasteiger partial charge in [-0.15, -0.1) is 0 Å². The number of amides is 1. The molecule has 1 amide bonds. The van der Waals surface area contributed by atoms with Gasteiger partial charge in [-0.3, -0.25) is 4.79 Å². The standard InChI is InChI=1S/C10H12N2O.C2H6/c1-8(2)11-12-10(13)9-6-4-3-5-7-9;1-2/h3-7H,1-2H3,(H,12,13);1-2H3. The van der Waals surface area contributed by atoms with Gasteiger partial charge in [-0.25, -0.2) is 5.43 Å². The Balaban J connectivity index is 0.000000921. The summed E-state index contributed by atoms with van der Waals surface area (Å²) in [5.41, 5.74) is 3.89. The smallest absolute Gasteiger partial charge is 0.267 e. The molecule has 1 aromatic carbocycles. The quantitative estimate of drug-likeness (QED) is 0.586. The van der Waals surface area contributed by atoms with Crippen molar-refractivity contribution in [2.75, 3.05) is 0 Å². The van der Waals surface area contributed by atoms with Gasteiger partial charge < -0.3 is 0 Å². The predicted molar refractivity (Wildman–Crippen MR) is 64.0 cm³/mol. The summed E-state index contributed by atoms with van der Waals surface area (Å²) in [6, 6.07) is 8.99. The van der Waals surface area contributed by atoms with Crippen molar-refractivity contribution in [2.45, 2.75) is 27.7 Å². The van der Waals surface area contributed by atoms with Gasteiger partial charge in [0, 0.05) is 11.3 Å². The summed E-state index contributed by atoms with van der Waals surface area (Å²) in [6.45, 7) is 7.65. The van der Waals surface area contributed by atoms with Crippen molar-refractivity contribution in [3.8, 4) is 0 Å². The SMILES string of the molecule is CC.CC(C)=NNC(=O)c1ccccc1. The van der Waals surface area contributed by atoms with Crippen LogP contribution in [0.5, 0.6) is 0 Å². The van der Waals surface area contributed by atoms with Crippen LogP contribution in [-0.4, -0.2) is 11.6 Å².